The smallest absolute Gasteiger partial charge is 0.315 e. The lowest BCUT2D eigenvalue weighted by molar-refractivity contribution is 0.200. The number of amides is 2. The van der Waals surface area contributed by atoms with Crippen molar-refractivity contribution in [2.45, 2.75) is 59.0 Å². The van der Waals surface area contributed by atoms with Crippen LogP contribution in [0.3, 0.4) is 0 Å². The van der Waals surface area contributed by atoms with Crippen molar-refractivity contribution in [3.8, 4) is 0 Å². The van der Waals surface area contributed by atoms with Crippen LogP contribution in [0.4, 0.5) is 4.79 Å². The fourth-order valence-corrected chi connectivity index (χ4v) is 3.22. The summed E-state index contributed by atoms with van der Waals surface area (Å²) < 4.78 is 5.17. The number of likely N-dealkylation sites (tertiary alicyclic amines) is 1. The molecule has 2 N–H and O–H groups in total. The number of rotatable bonds is 6. The van der Waals surface area contributed by atoms with Gasteiger partial charge in [0.15, 0.2) is 0 Å². The number of aromatic nitrogens is 1. The van der Waals surface area contributed by atoms with Crippen LogP contribution in [-0.2, 0) is 6.42 Å². The Morgan fingerprint density at radius 3 is 2.62 bits per heavy atom. The van der Waals surface area contributed by atoms with Gasteiger partial charge in [0, 0.05) is 37.3 Å². The molecule has 2 rings (SSSR count). The van der Waals surface area contributed by atoms with Crippen molar-refractivity contribution in [3.05, 3.63) is 29.2 Å². The third-order valence-corrected chi connectivity index (χ3v) is 4.49. The maximum atomic E-state index is 12.2. The molecule has 24 heavy (non-hydrogen) atoms. The molecule has 2 heterocycles. The van der Waals surface area contributed by atoms with Crippen LogP contribution in [-0.4, -0.2) is 47.8 Å². The highest BCUT2D eigenvalue weighted by atomic mass is 16.5. The molecule has 6 nitrogen and oxygen atoms in total. The maximum absolute atomic E-state index is 12.2. The van der Waals surface area contributed by atoms with E-state index in [4.69, 9.17) is 4.52 Å². The Bertz CT molecular complexity index is 554. The van der Waals surface area contributed by atoms with Gasteiger partial charge in [-0.3, -0.25) is 4.90 Å². The van der Waals surface area contributed by atoms with Crippen molar-refractivity contribution >= 4 is 6.03 Å². The first-order valence-corrected chi connectivity index (χ1v) is 8.70. The highest BCUT2D eigenvalue weighted by molar-refractivity contribution is 5.74. The Labute approximate surface area is 144 Å². The molecule has 1 saturated heterocycles. The average Bonchev–Trinajstić information content (AvgIpc) is 2.80. The maximum Gasteiger partial charge on any atom is 0.315 e. The van der Waals surface area contributed by atoms with Gasteiger partial charge in [-0.2, -0.15) is 0 Å². The second kappa shape index (κ2) is 8.33. The topological polar surface area (TPSA) is 70.4 Å². The van der Waals surface area contributed by atoms with E-state index in [1.807, 2.05) is 20.8 Å². The molecule has 1 aromatic rings. The van der Waals surface area contributed by atoms with E-state index in [9.17, 15) is 4.79 Å². The van der Waals surface area contributed by atoms with Gasteiger partial charge in [-0.1, -0.05) is 17.3 Å². The third-order valence-electron chi connectivity index (χ3n) is 4.49. The second-order valence-electron chi connectivity index (χ2n) is 7.03. The molecule has 0 saturated carbocycles. The number of nitrogens with one attached hydrogen (secondary N) is 2. The largest absolute Gasteiger partial charge is 0.361 e. The van der Waals surface area contributed by atoms with E-state index >= 15 is 0 Å². The third kappa shape index (κ3) is 5.37. The van der Waals surface area contributed by atoms with Gasteiger partial charge in [-0.25, -0.2) is 4.79 Å². The average molecular weight is 334 g/mol. The molecule has 1 aromatic heterocycles. The molecular weight excluding hydrogens is 304 g/mol. The van der Waals surface area contributed by atoms with Crippen molar-refractivity contribution in [3.63, 3.8) is 0 Å². The SMILES string of the molecule is C=C(C)CN1CCC(NC(=O)N[C@@H](C)Cc2c(C)noc2C)CC1. The van der Waals surface area contributed by atoms with Crippen LogP contribution in [0.2, 0.25) is 0 Å². The number of hydrogen-bond acceptors (Lipinski definition) is 4. The molecule has 0 aromatic carbocycles. The van der Waals surface area contributed by atoms with E-state index in [1.165, 1.54) is 5.57 Å². The summed E-state index contributed by atoms with van der Waals surface area (Å²) in [5.74, 6) is 0.825. The molecule has 1 fully saturated rings. The number of piperidine rings is 1. The van der Waals surface area contributed by atoms with Crippen LogP contribution in [0.1, 0.15) is 43.7 Å². The predicted molar refractivity (Wildman–Crippen MR) is 95.1 cm³/mol. The van der Waals surface area contributed by atoms with Gasteiger partial charge in [0.05, 0.1) is 5.69 Å². The molecule has 1 atom stereocenters. The first-order valence-electron chi connectivity index (χ1n) is 8.70. The number of hydrogen-bond donors (Lipinski definition) is 2. The van der Waals surface area contributed by atoms with Gasteiger partial charge in [-0.05, 0) is 47.0 Å². The van der Waals surface area contributed by atoms with E-state index in [0.29, 0.717) is 0 Å². The number of carbonyl (C=O) groups excluding carboxylic acids is 1. The van der Waals surface area contributed by atoms with Crippen molar-refractivity contribution in [2.24, 2.45) is 0 Å². The summed E-state index contributed by atoms with van der Waals surface area (Å²) in [7, 11) is 0. The lowest BCUT2D eigenvalue weighted by Gasteiger charge is -2.32. The lowest BCUT2D eigenvalue weighted by atomic mass is 10.0. The molecular formula is C18H30N4O2. The zero-order valence-corrected chi connectivity index (χ0v) is 15.3. The first-order chi connectivity index (χ1) is 11.3. The zero-order chi connectivity index (χ0) is 17.7. The standard InChI is InChI=1S/C18H30N4O2/c1-12(2)11-22-8-6-16(7-9-22)20-18(23)19-13(3)10-17-14(4)21-24-15(17)5/h13,16H,1,6-11H2,2-5H3,(H2,19,20,23)/t13-/m0/s1. The van der Waals surface area contributed by atoms with Crippen molar-refractivity contribution < 1.29 is 9.32 Å². The Kier molecular flexibility index (Phi) is 6.43. The van der Waals surface area contributed by atoms with Crippen LogP contribution < -0.4 is 10.6 Å². The Morgan fingerprint density at radius 1 is 1.42 bits per heavy atom. The normalized spacial score (nSPS) is 17.5. The fraction of sp³-hybridized carbons (Fsp3) is 0.667. The van der Waals surface area contributed by atoms with E-state index in [-0.39, 0.29) is 18.1 Å². The van der Waals surface area contributed by atoms with Crippen molar-refractivity contribution in [1.29, 1.82) is 0 Å². The van der Waals surface area contributed by atoms with E-state index in [2.05, 4.69) is 34.2 Å². The summed E-state index contributed by atoms with van der Waals surface area (Å²) in [6.45, 7) is 14.8. The molecule has 0 aliphatic carbocycles. The monoisotopic (exact) mass is 334 g/mol. The van der Waals surface area contributed by atoms with Gasteiger partial charge < -0.3 is 15.2 Å². The highest BCUT2D eigenvalue weighted by Crippen LogP contribution is 2.15. The highest BCUT2D eigenvalue weighted by Gasteiger charge is 2.21. The van der Waals surface area contributed by atoms with Crippen molar-refractivity contribution in [2.75, 3.05) is 19.6 Å². The van der Waals surface area contributed by atoms with Crippen LogP contribution >= 0.6 is 0 Å². The molecule has 0 unspecified atom stereocenters. The molecule has 134 valence electrons. The van der Waals surface area contributed by atoms with E-state index in [0.717, 1.165) is 55.9 Å². The molecule has 1 aliphatic rings. The zero-order valence-electron chi connectivity index (χ0n) is 15.3. The summed E-state index contributed by atoms with van der Waals surface area (Å²) in [6.07, 6.45) is 2.70. The van der Waals surface area contributed by atoms with Crippen LogP contribution in [0.25, 0.3) is 0 Å². The minimum Gasteiger partial charge on any atom is -0.361 e. The summed E-state index contributed by atoms with van der Waals surface area (Å²) in [5.41, 5.74) is 3.16. The summed E-state index contributed by atoms with van der Waals surface area (Å²) in [6, 6.07) is 0.190. The predicted octanol–water partition coefficient (Wildman–Crippen LogP) is 2.56. The molecule has 2 amide bonds. The Morgan fingerprint density at radius 2 is 2.08 bits per heavy atom. The van der Waals surface area contributed by atoms with Gasteiger partial charge in [0.1, 0.15) is 5.76 Å². The van der Waals surface area contributed by atoms with Gasteiger partial charge in [0.2, 0.25) is 0 Å². The van der Waals surface area contributed by atoms with Crippen molar-refractivity contribution in [1.82, 2.24) is 20.7 Å². The second-order valence-corrected chi connectivity index (χ2v) is 7.03. The molecule has 0 bridgehead atoms. The minimum absolute atomic E-state index is 0.0327. The quantitative estimate of drug-likeness (QED) is 0.785. The number of urea groups is 1. The number of carbonyl (C=O) groups is 1. The summed E-state index contributed by atoms with van der Waals surface area (Å²) in [4.78, 5) is 14.6. The van der Waals surface area contributed by atoms with Crippen LogP contribution in [0.5, 0.6) is 0 Å². The van der Waals surface area contributed by atoms with Gasteiger partial charge in [0.25, 0.3) is 0 Å². The van der Waals surface area contributed by atoms with Gasteiger partial charge in [-0.15, -0.1) is 0 Å². The summed E-state index contributed by atoms with van der Waals surface area (Å²) >= 11 is 0. The van der Waals surface area contributed by atoms with E-state index < -0.39 is 0 Å². The van der Waals surface area contributed by atoms with Crippen LogP contribution in [0.15, 0.2) is 16.7 Å². The lowest BCUT2D eigenvalue weighted by Crippen LogP contribution is -2.50. The number of aryl methyl sites for hydroxylation is 2. The molecule has 0 radical (unpaired) electrons. The summed E-state index contributed by atoms with van der Waals surface area (Å²) in [5, 5.41) is 10.1. The minimum atomic E-state index is -0.0902. The van der Waals surface area contributed by atoms with E-state index in [1.54, 1.807) is 0 Å². The molecule has 6 heteroatoms. The first kappa shape index (κ1) is 18.5. The molecule has 1 aliphatic heterocycles. The van der Waals surface area contributed by atoms with Crippen LogP contribution in [0, 0.1) is 13.8 Å². The number of nitrogens with zero attached hydrogens (tertiary/aromatic N) is 2. The fourth-order valence-electron chi connectivity index (χ4n) is 3.22. The Hall–Kier alpha value is -1.82. The Balaban J connectivity index is 1.72. The van der Waals surface area contributed by atoms with Gasteiger partial charge >= 0.3 is 6.03 Å². The molecule has 0 spiro atoms.